The van der Waals surface area contributed by atoms with E-state index in [2.05, 4.69) is 36.1 Å². The maximum atomic E-state index is 5.56. The summed E-state index contributed by atoms with van der Waals surface area (Å²) in [7, 11) is 4.50. The molecular formula is C15H29N3O. The van der Waals surface area contributed by atoms with Gasteiger partial charge in [-0.3, -0.25) is 0 Å². The van der Waals surface area contributed by atoms with Gasteiger partial charge in [0, 0.05) is 18.6 Å². The Kier molecular flexibility index (Phi) is 5.67. The molecule has 0 amide bonds. The van der Waals surface area contributed by atoms with Crippen molar-refractivity contribution in [3.63, 3.8) is 0 Å². The fraction of sp³-hybridized carbons (Fsp3) is 0.867. The highest BCUT2D eigenvalue weighted by Crippen LogP contribution is 2.22. The van der Waals surface area contributed by atoms with Gasteiger partial charge in [-0.15, -0.1) is 0 Å². The van der Waals surface area contributed by atoms with E-state index in [1.807, 2.05) is 6.26 Å². The van der Waals surface area contributed by atoms with Crippen LogP contribution in [-0.4, -0.2) is 68.8 Å². The summed E-state index contributed by atoms with van der Waals surface area (Å²) in [5.74, 6) is 0. The van der Waals surface area contributed by atoms with Crippen LogP contribution in [0, 0.1) is 0 Å². The molecule has 0 aromatic carbocycles. The van der Waals surface area contributed by atoms with E-state index in [4.69, 9.17) is 4.74 Å². The molecule has 2 heterocycles. The van der Waals surface area contributed by atoms with Crippen LogP contribution in [0.2, 0.25) is 0 Å². The van der Waals surface area contributed by atoms with Gasteiger partial charge in [0.1, 0.15) is 0 Å². The van der Waals surface area contributed by atoms with E-state index in [0.29, 0.717) is 12.1 Å². The summed E-state index contributed by atoms with van der Waals surface area (Å²) in [4.78, 5) is 4.98. The molecule has 19 heavy (non-hydrogen) atoms. The van der Waals surface area contributed by atoms with E-state index in [-0.39, 0.29) is 0 Å². The zero-order chi connectivity index (χ0) is 13.7. The molecule has 1 fully saturated rings. The molecule has 2 rings (SSSR count). The Hall–Kier alpha value is -0.580. The van der Waals surface area contributed by atoms with Crippen LogP contribution >= 0.6 is 0 Å². The first-order valence-electron chi connectivity index (χ1n) is 7.65. The van der Waals surface area contributed by atoms with Crippen LogP contribution in [0.5, 0.6) is 0 Å². The van der Waals surface area contributed by atoms with E-state index in [1.165, 1.54) is 31.5 Å². The van der Waals surface area contributed by atoms with Crippen molar-refractivity contribution < 1.29 is 4.74 Å². The van der Waals surface area contributed by atoms with Gasteiger partial charge in [0.05, 0.1) is 12.9 Å². The summed E-state index contributed by atoms with van der Waals surface area (Å²) in [6.07, 6.45) is 5.60. The molecule has 2 unspecified atom stereocenters. The molecule has 0 spiro atoms. The smallest absolute Gasteiger partial charge is 0.0876 e. The van der Waals surface area contributed by atoms with E-state index in [0.717, 1.165) is 26.1 Å². The number of ether oxygens (including phenoxy) is 1. The minimum atomic E-state index is 0.427. The van der Waals surface area contributed by atoms with Gasteiger partial charge in [-0.25, -0.2) is 0 Å². The molecule has 2 aliphatic heterocycles. The Bertz CT molecular complexity index is 306. The molecule has 110 valence electrons. The third kappa shape index (κ3) is 3.94. The summed E-state index contributed by atoms with van der Waals surface area (Å²) in [5.41, 5.74) is 1.44. The van der Waals surface area contributed by atoms with Crippen molar-refractivity contribution in [2.75, 3.05) is 46.9 Å². The Labute approximate surface area is 117 Å². The van der Waals surface area contributed by atoms with Crippen LogP contribution in [0.15, 0.2) is 11.8 Å². The second-order valence-electron chi connectivity index (χ2n) is 5.87. The average Bonchev–Trinajstić information content (AvgIpc) is 2.59. The summed E-state index contributed by atoms with van der Waals surface area (Å²) in [6.45, 7) is 7.60. The lowest BCUT2D eigenvalue weighted by molar-refractivity contribution is 0.173. The predicted octanol–water partition coefficient (Wildman–Crippen LogP) is 1.29. The molecule has 2 aliphatic rings. The summed E-state index contributed by atoms with van der Waals surface area (Å²) >= 11 is 0. The first-order chi connectivity index (χ1) is 9.22. The maximum Gasteiger partial charge on any atom is 0.0876 e. The average molecular weight is 267 g/mol. The van der Waals surface area contributed by atoms with Gasteiger partial charge in [-0.05, 0) is 58.6 Å². The Morgan fingerprint density at radius 2 is 2.21 bits per heavy atom. The highest BCUT2D eigenvalue weighted by atomic mass is 16.5. The normalized spacial score (nSPS) is 28.4. The quantitative estimate of drug-likeness (QED) is 0.831. The molecule has 0 radical (unpaired) electrons. The third-order valence-electron chi connectivity index (χ3n) is 4.29. The first kappa shape index (κ1) is 14.8. The summed E-state index contributed by atoms with van der Waals surface area (Å²) in [6, 6.07) is 0.969. The van der Waals surface area contributed by atoms with Gasteiger partial charge in [0.2, 0.25) is 0 Å². The summed E-state index contributed by atoms with van der Waals surface area (Å²) in [5, 5.41) is 3.68. The lowest BCUT2D eigenvalue weighted by Crippen LogP contribution is -2.53. The van der Waals surface area contributed by atoms with Crippen LogP contribution < -0.4 is 5.32 Å². The highest BCUT2D eigenvalue weighted by Gasteiger charge is 2.31. The van der Waals surface area contributed by atoms with Crippen LogP contribution in [0.3, 0.4) is 0 Å². The van der Waals surface area contributed by atoms with Crippen LogP contribution in [0.25, 0.3) is 0 Å². The number of hydrogen-bond donors (Lipinski definition) is 1. The zero-order valence-electron chi connectivity index (χ0n) is 12.7. The van der Waals surface area contributed by atoms with Crippen molar-refractivity contribution in [2.45, 2.75) is 38.3 Å². The standard InChI is InChI=1S/C15H29N3O/c1-4-16-15(13-7-5-10-19-12-13)14-11-17(2)8-6-9-18(14)3/h12,14-16H,4-11H2,1-3H3. The van der Waals surface area contributed by atoms with Gasteiger partial charge >= 0.3 is 0 Å². The van der Waals surface area contributed by atoms with Crippen molar-refractivity contribution in [3.8, 4) is 0 Å². The van der Waals surface area contributed by atoms with Crippen molar-refractivity contribution in [1.29, 1.82) is 0 Å². The minimum Gasteiger partial charge on any atom is -0.501 e. The van der Waals surface area contributed by atoms with Gasteiger partial charge < -0.3 is 19.9 Å². The second-order valence-corrected chi connectivity index (χ2v) is 5.87. The van der Waals surface area contributed by atoms with E-state index >= 15 is 0 Å². The number of rotatable bonds is 4. The number of likely N-dealkylation sites (N-methyl/N-ethyl adjacent to an activating group) is 3. The number of nitrogens with zero attached hydrogens (tertiary/aromatic N) is 2. The third-order valence-corrected chi connectivity index (χ3v) is 4.29. The van der Waals surface area contributed by atoms with Gasteiger partial charge in [-0.1, -0.05) is 6.92 Å². The Morgan fingerprint density at radius 3 is 2.89 bits per heavy atom. The molecule has 0 bridgehead atoms. The molecule has 0 aromatic rings. The van der Waals surface area contributed by atoms with E-state index < -0.39 is 0 Å². The lowest BCUT2D eigenvalue weighted by atomic mass is 9.94. The maximum absolute atomic E-state index is 5.56. The molecule has 0 saturated carbocycles. The molecule has 1 saturated heterocycles. The predicted molar refractivity (Wildman–Crippen MR) is 79.3 cm³/mol. The molecule has 4 heteroatoms. The molecular weight excluding hydrogens is 238 g/mol. The second kappa shape index (κ2) is 7.27. The van der Waals surface area contributed by atoms with Crippen molar-refractivity contribution >= 4 is 0 Å². The minimum absolute atomic E-state index is 0.427. The molecule has 0 aromatic heterocycles. The van der Waals surface area contributed by atoms with Crippen LogP contribution in [0.4, 0.5) is 0 Å². The number of nitrogens with one attached hydrogen (secondary N) is 1. The zero-order valence-corrected chi connectivity index (χ0v) is 12.7. The van der Waals surface area contributed by atoms with Crippen molar-refractivity contribution in [1.82, 2.24) is 15.1 Å². The first-order valence-corrected chi connectivity index (χ1v) is 7.65. The number of hydrogen-bond acceptors (Lipinski definition) is 4. The fourth-order valence-electron chi connectivity index (χ4n) is 3.21. The topological polar surface area (TPSA) is 27.7 Å². The largest absolute Gasteiger partial charge is 0.501 e. The Balaban J connectivity index is 2.13. The van der Waals surface area contributed by atoms with Gasteiger partial charge in [0.25, 0.3) is 0 Å². The van der Waals surface area contributed by atoms with Crippen molar-refractivity contribution in [2.24, 2.45) is 0 Å². The monoisotopic (exact) mass is 267 g/mol. The lowest BCUT2D eigenvalue weighted by Gasteiger charge is -2.37. The molecule has 1 N–H and O–H groups in total. The SMILES string of the molecule is CCNC(C1=COCCC1)C1CN(C)CCCN1C. The summed E-state index contributed by atoms with van der Waals surface area (Å²) < 4.78 is 5.56. The molecule has 2 atom stereocenters. The molecule has 0 aliphatic carbocycles. The van der Waals surface area contributed by atoms with E-state index in [9.17, 15) is 0 Å². The fourth-order valence-corrected chi connectivity index (χ4v) is 3.21. The van der Waals surface area contributed by atoms with Gasteiger partial charge in [-0.2, -0.15) is 0 Å². The Morgan fingerprint density at radius 1 is 1.37 bits per heavy atom. The van der Waals surface area contributed by atoms with Crippen molar-refractivity contribution in [3.05, 3.63) is 11.8 Å². The van der Waals surface area contributed by atoms with E-state index in [1.54, 1.807) is 0 Å². The van der Waals surface area contributed by atoms with Crippen LogP contribution in [0.1, 0.15) is 26.2 Å². The molecule has 4 nitrogen and oxygen atoms in total. The van der Waals surface area contributed by atoms with Gasteiger partial charge in [0.15, 0.2) is 0 Å². The van der Waals surface area contributed by atoms with Crippen LogP contribution in [-0.2, 0) is 4.74 Å². The highest BCUT2D eigenvalue weighted by molar-refractivity contribution is 5.14.